The Morgan fingerprint density at radius 1 is 0.981 bits per heavy atom. The highest BCUT2D eigenvalue weighted by molar-refractivity contribution is 5.94. The van der Waals surface area contributed by atoms with Crippen LogP contribution in [0.15, 0.2) is 54.6 Å². The molecule has 2 bridgehead atoms. The average molecular weight is 746 g/mol. The normalized spacial score (nSPS) is 31.2. The molecule has 2 aliphatic carbocycles. The smallest absolute Gasteiger partial charge is 0.348 e. The van der Waals surface area contributed by atoms with E-state index in [4.69, 9.17) is 33.6 Å². The topological polar surface area (TPSA) is 188 Å². The Morgan fingerprint density at radius 3 is 2.46 bits per heavy atom. The van der Waals surface area contributed by atoms with Gasteiger partial charge in [0.2, 0.25) is 17.9 Å². The van der Waals surface area contributed by atoms with E-state index in [2.05, 4.69) is 10.6 Å². The van der Waals surface area contributed by atoms with E-state index in [1.165, 1.54) is 11.1 Å². The molecule has 4 saturated heterocycles. The van der Waals surface area contributed by atoms with E-state index < -0.39 is 77.0 Å². The van der Waals surface area contributed by atoms with Crippen LogP contribution in [0, 0.1) is 10.8 Å². The molecule has 1 saturated carbocycles. The maximum Gasteiger partial charge on any atom is 0.348 e. The van der Waals surface area contributed by atoms with E-state index in [-0.39, 0.29) is 51.6 Å². The number of nitrogens with one attached hydrogen (secondary N) is 2. The summed E-state index contributed by atoms with van der Waals surface area (Å²) in [5.74, 6) is -3.71. The molecular weight excluding hydrogens is 702 g/mol. The maximum absolute atomic E-state index is 14.4. The van der Waals surface area contributed by atoms with Crippen molar-refractivity contribution in [3.63, 3.8) is 0 Å². The third-order valence-corrected chi connectivity index (χ3v) is 11.2. The molecule has 6 aliphatic rings. The molecule has 0 unspecified atom stereocenters. The monoisotopic (exact) mass is 745 g/mol. The fourth-order valence-electron chi connectivity index (χ4n) is 8.73. The van der Waals surface area contributed by atoms with E-state index in [1.54, 1.807) is 38.1 Å². The zero-order valence-corrected chi connectivity index (χ0v) is 30.0. The number of ether oxygens (including phenoxy) is 5. The number of benzene rings is 2. The molecule has 8 rings (SSSR count). The first kappa shape index (κ1) is 36.3. The number of esters is 3. The van der Waals surface area contributed by atoms with E-state index in [0.717, 1.165) is 11.1 Å². The van der Waals surface area contributed by atoms with Crippen LogP contribution in [0.25, 0.3) is 6.08 Å². The number of nitrogens with zero attached hydrogens (tertiary/aromatic N) is 1. The minimum atomic E-state index is -1.43. The van der Waals surface area contributed by atoms with Gasteiger partial charge in [-0.2, -0.15) is 5.06 Å². The number of hydrogen-bond donors (Lipinski definition) is 3. The highest BCUT2D eigenvalue weighted by Crippen LogP contribution is 2.58. The van der Waals surface area contributed by atoms with Crippen molar-refractivity contribution in [1.29, 1.82) is 0 Å². The van der Waals surface area contributed by atoms with Crippen LogP contribution in [0.5, 0.6) is 0 Å². The Kier molecular flexibility index (Phi) is 9.33. The first-order valence-corrected chi connectivity index (χ1v) is 18.3. The lowest BCUT2D eigenvalue weighted by atomic mass is 9.62. The molecule has 15 nitrogen and oxygen atoms in total. The van der Waals surface area contributed by atoms with Gasteiger partial charge in [-0.15, -0.1) is 0 Å². The van der Waals surface area contributed by atoms with Crippen LogP contribution in [0.4, 0.5) is 0 Å². The molecule has 54 heavy (non-hydrogen) atoms. The third kappa shape index (κ3) is 6.37. The maximum atomic E-state index is 14.4. The number of carbonyl (C=O) groups is 5. The number of hydroxylamine groups is 2. The lowest BCUT2D eigenvalue weighted by Gasteiger charge is -2.48. The Balaban J connectivity index is 1.04. The van der Waals surface area contributed by atoms with Crippen molar-refractivity contribution in [1.82, 2.24) is 15.7 Å². The van der Waals surface area contributed by atoms with Crippen LogP contribution in [-0.4, -0.2) is 109 Å². The van der Waals surface area contributed by atoms with Crippen LogP contribution in [0.1, 0.15) is 48.9 Å². The van der Waals surface area contributed by atoms with E-state index >= 15 is 0 Å². The van der Waals surface area contributed by atoms with Crippen molar-refractivity contribution in [3.05, 3.63) is 76.9 Å². The van der Waals surface area contributed by atoms with Gasteiger partial charge >= 0.3 is 17.9 Å². The molecule has 4 aliphatic heterocycles. The van der Waals surface area contributed by atoms with Crippen molar-refractivity contribution in [2.75, 3.05) is 26.3 Å². The summed E-state index contributed by atoms with van der Waals surface area (Å²) < 4.78 is 30.0. The van der Waals surface area contributed by atoms with Crippen molar-refractivity contribution in [2.24, 2.45) is 10.8 Å². The molecule has 7 atom stereocenters. The fraction of sp³-hybridized carbons (Fsp3) is 0.513. The van der Waals surface area contributed by atoms with Crippen molar-refractivity contribution in [3.8, 4) is 0 Å². The summed E-state index contributed by atoms with van der Waals surface area (Å²) in [6.45, 7) is 3.69. The van der Waals surface area contributed by atoms with E-state index in [0.29, 0.717) is 24.0 Å². The number of aliphatic hydroxyl groups is 1. The zero-order chi connectivity index (χ0) is 37.8. The van der Waals surface area contributed by atoms with Gasteiger partial charge in [-0.25, -0.2) is 9.59 Å². The summed E-state index contributed by atoms with van der Waals surface area (Å²) in [6, 6.07) is 14.0. The Labute approximate surface area is 311 Å². The van der Waals surface area contributed by atoms with Crippen molar-refractivity contribution < 1.29 is 57.6 Å². The predicted octanol–water partition coefficient (Wildman–Crippen LogP) is 0.888. The Bertz CT molecular complexity index is 1870. The summed E-state index contributed by atoms with van der Waals surface area (Å²) in [5.41, 5.74) is 1.47. The molecule has 0 aromatic heterocycles. The van der Waals surface area contributed by atoms with Gasteiger partial charge in [0.05, 0.1) is 13.2 Å². The van der Waals surface area contributed by atoms with Crippen LogP contribution >= 0.6 is 0 Å². The van der Waals surface area contributed by atoms with Gasteiger partial charge in [-0.1, -0.05) is 62.4 Å². The second-order valence-electron chi connectivity index (χ2n) is 15.5. The lowest BCUT2D eigenvalue weighted by Crippen LogP contribution is -2.69. The highest BCUT2D eigenvalue weighted by atomic mass is 16.8. The van der Waals surface area contributed by atoms with Crippen LogP contribution < -0.4 is 10.6 Å². The quantitative estimate of drug-likeness (QED) is 0.167. The number of aliphatic hydroxyl groups excluding tert-OH is 1. The van der Waals surface area contributed by atoms with Gasteiger partial charge in [-0.05, 0) is 28.3 Å². The van der Waals surface area contributed by atoms with Crippen LogP contribution in [0.3, 0.4) is 0 Å². The molecule has 4 heterocycles. The molecule has 0 radical (unpaired) electrons. The average Bonchev–Trinajstić information content (AvgIpc) is 3.88. The number of carbonyl (C=O) groups excluding carboxylic acids is 5. The molecule has 2 aromatic carbocycles. The standard InChI is InChI=1S/C39H43N3O12/c1-37(2)21-49-35(47)33(37)51-28(45)11-10-22-6-5-7-23(16-22)20-42-31-34(46)50-26-19-39(31,36(48)41-13-12-27(44)40-14-15-43)32(54-42)30-29(26)52-38(53-30)17-24-8-3-4-9-25(24)18-38/h3-11,16,26,29-33,43H,12-15,17-21H2,1-2H3,(H,40,44)(H,41,48)/t26-,29+,30+,31+,32-,33+,39+/m1/s1. The summed E-state index contributed by atoms with van der Waals surface area (Å²) in [7, 11) is 0. The first-order chi connectivity index (χ1) is 25.9. The van der Waals surface area contributed by atoms with Crippen molar-refractivity contribution in [2.45, 2.75) is 88.4 Å². The van der Waals surface area contributed by atoms with Gasteiger partial charge in [-0.3, -0.25) is 19.2 Å². The summed E-state index contributed by atoms with van der Waals surface area (Å²) in [6.07, 6.45) is -0.255. The minimum Gasteiger partial charge on any atom is -0.462 e. The van der Waals surface area contributed by atoms with E-state index in [9.17, 15) is 24.0 Å². The molecular formula is C39H43N3O12. The molecule has 15 heteroatoms. The second kappa shape index (κ2) is 13.9. The summed E-state index contributed by atoms with van der Waals surface area (Å²) >= 11 is 0. The van der Waals surface area contributed by atoms with Gasteiger partial charge in [0.25, 0.3) is 0 Å². The predicted molar refractivity (Wildman–Crippen MR) is 185 cm³/mol. The lowest BCUT2D eigenvalue weighted by molar-refractivity contribution is -0.217. The number of rotatable bonds is 11. The Hall–Kier alpha value is -4.67. The zero-order valence-electron chi connectivity index (χ0n) is 30.0. The SMILES string of the molecule is CC1(C)COC(=O)[C@@H]1OC(=O)C=Cc1cccc(CN2O[C@@H]3[C@H]4OC5(Cc6ccccc6C5)O[C@H]4[C@H]4C[C@]3(C(=O)NCCC(=O)NCCO)[C@@H]2C(=O)O4)c1. The molecule has 5 fully saturated rings. The number of hydrogen-bond acceptors (Lipinski definition) is 13. The van der Waals surface area contributed by atoms with Crippen LogP contribution in [0.2, 0.25) is 0 Å². The van der Waals surface area contributed by atoms with Gasteiger partial charge in [0.1, 0.15) is 36.4 Å². The molecule has 2 aromatic rings. The van der Waals surface area contributed by atoms with Gasteiger partial charge in [0, 0.05) is 50.3 Å². The first-order valence-electron chi connectivity index (χ1n) is 18.3. The van der Waals surface area contributed by atoms with Crippen LogP contribution in [-0.2, 0) is 71.9 Å². The fourth-order valence-corrected chi connectivity index (χ4v) is 8.73. The molecule has 3 N–H and O–H groups in total. The van der Waals surface area contributed by atoms with Gasteiger partial charge < -0.3 is 39.4 Å². The summed E-state index contributed by atoms with van der Waals surface area (Å²) in [5, 5.41) is 16.0. The molecule has 2 amide bonds. The molecule has 1 spiro atoms. The number of fused-ring (bicyclic) bond motifs is 5. The third-order valence-electron chi connectivity index (χ3n) is 11.2. The molecule has 286 valence electrons. The van der Waals surface area contributed by atoms with E-state index in [1.807, 2.05) is 30.3 Å². The Morgan fingerprint density at radius 2 is 1.74 bits per heavy atom. The van der Waals surface area contributed by atoms with Crippen molar-refractivity contribution >= 4 is 35.8 Å². The number of cyclic esters (lactones) is 1. The second-order valence-corrected chi connectivity index (χ2v) is 15.5. The summed E-state index contributed by atoms with van der Waals surface area (Å²) in [4.78, 5) is 72.1. The number of amides is 2. The van der Waals surface area contributed by atoms with Gasteiger partial charge in [0.15, 0.2) is 11.8 Å². The largest absolute Gasteiger partial charge is 0.462 e. The minimum absolute atomic E-state index is 0.00204. The highest BCUT2D eigenvalue weighted by Gasteiger charge is 2.76.